The van der Waals surface area contributed by atoms with E-state index in [2.05, 4.69) is 20.5 Å². The number of aromatic nitrogens is 3. The number of anilines is 1. The summed E-state index contributed by atoms with van der Waals surface area (Å²) in [5, 5.41) is 11.9. The largest absolute Gasteiger partial charge is 0.438 e. The zero-order chi connectivity index (χ0) is 25.2. The molecular weight excluding hydrogens is 476 g/mol. The van der Waals surface area contributed by atoms with Crippen molar-refractivity contribution in [2.24, 2.45) is 0 Å². The lowest BCUT2D eigenvalue weighted by molar-refractivity contribution is 0.0950. The molecule has 1 fully saturated rings. The maximum Gasteiger partial charge on any atom is 0.251 e. The lowest BCUT2D eigenvalue weighted by atomic mass is 10.0. The summed E-state index contributed by atoms with van der Waals surface area (Å²) < 4.78 is 7.84. The van der Waals surface area contributed by atoms with E-state index in [-0.39, 0.29) is 5.91 Å². The van der Waals surface area contributed by atoms with E-state index in [9.17, 15) is 4.79 Å². The topological polar surface area (TPSA) is 83.8 Å². The summed E-state index contributed by atoms with van der Waals surface area (Å²) >= 11 is 6.02. The van der Waals surface area contributed by atoms with Crippen LogP contribution in [0.5, 0.6) is 11.6 Å². The molecule has 0 spiro atoms. The van der Waals surface area contributed by atoms with Crippen molar-refractivity contribution in [1.29, 1.82) is 0 Å². The van der Waals surface area contributed by atoms with E-state index in [0.717, 1.165) is 48.4 Å². The number of ether oxygens (including phenoxy) is 1. The van der Waals surface area contributed by atoms with Gasteiger partial charge in [0.25, 0.3) is 5.91 Å². The molecule has 0 aliphatic heterocycles. The molecule has 2 aromatic heterocycles. The van der Waals surface area contributed by atoms with E-state index >= 15 is 0 Å². The number of carbonyl (C=O) groups is 1. The number of rotatable bonds is 9. The lowest BCUT2D eigenvalue weighted by Gasteiger charge is -2.14. The van der Waals surface area contributed by atoms with Crippen molar-refractivity contribution in [3.8, 4) is 22.9 Å². The standard InChI is InChI=1S/C27H29ClN6O2/c1-17-14-18(4-11-22(17)27(35)31-20-7-8-20)24-16-30-26-23(29-12-13-33(2)3)15-25(32-34(24)26)36-21-9-5-19(28)6-10-21/h4-6,9-11,14-16,20,29H,7-8,12-13H2,1-3H3,(H,31,35). The normalized spacial score (nSPS) is 13.2. The van der Waals surface area contributed by atoms with Gasteiger partial charge in [0, 0.05) is 41.3 Å². The summed E-state index contributed by atoms with van der Waals surface area (Å²) in [5.74, 6) is 1.03. The molecule has 2 heterocycles. The quantitative estimate of drug-likeness (QED) is 0.333. The second-order valence-corrected chi connectivity index (χ2v) is 9.78. The van der Waals surface area contributed by atoms with Gasteiger partial charge in [-0.05, 0) is 75.8 Å². The molecule has 0 radical (unpaired) electrons. The Morgan fingerprint density at radius 3 is 2.64 bits per heavy atom. The predicted molar refractivity (Wildman–Crippen MR) is 142 cm³/mol. The monoisotopic (exact) mass is 504 g/mol. The van der Waals surface area contributed by atoms with Crippen LogP contribution in [0.15, 0.2) is 54.7 Å². The lowest BCUT2D eigenvalue weighted by Crippen LogP contribution is -2.26. The smallest absolute Gasteiger partial charge is 0.251 e. The fourth-order valence-corrected chi connectivity index (χ4v) is 4.05. The summed E-state index contributed by atoms with van der Waals surface area (Å²) in [6.07, 6.45) is 3.91. The minimum Gasteiger partial charge on any atom is -0.438 e. The van der Waals surface area contributed by atoms with Crippen LogP contribution in [0.4, 0.5) is 5.69 Å². The highest BCUT2D eigenvalue weighted by Crippen LogP contribution is 2.30. The van der Waals surface area contributed by atoms with Gasteiger partial charge in [-0.15, -0.1) is 5.10 Å². The van der Waals surface area contributed by atoms with Crippen LogP contribution < -0.4 is 15.4 Å². The molecule has 0 unspecified atom stereocenters. The third kappa shape index (κ3) is 5.45. The maximum atomic E-state index is 12.6. The van der Waals surface area contributed by atoms with E-state index in [1.165, 1.54) is 0 Å². The van der Waals surface area contributed by atoms with Crippen LogP contribution in [-0.4, -0.2) is 58.6 Å². The Labute approximate surface area is 215 Å². The number of hydrogen-bond acceptors (Lipinski definition) is 6. The molecule has 1 amide bonds. The van der Waals surface area contributed by atoms with Crippen LogP contribution in [0.2, 0.25) is 5.02 Å². The highest BCUT2D eigenvalue weighted by molar-refractivity contribution is 6.30. The molecule has 186 valence electrons. The van der Waals surface area contributed by atoms with Crippen molar-refractivity contribution in [2.75, 3.05) is 32.5 Å². The van der Waals surface area contributed by atoms with Crippen molar-refractivity contribution < 1.29 is 9.53 Å². The van der Waals surface area contributed by atoms with E-state index < -0.39 is 0 Å². The van der Waals surface area contributed by atoms with Gasteiger partial charge >= 0.3 is 0 Å². The fraction of sp³-hybridized carbons (Fsp3) is 0.296. The summed E-state index contributed by atoms with van der Waals surface area (Å²) in [6.45, 7) is 3.55. The third-order valence-electron chi connectivity index (χ3n) is 6.04. The molecule has 1 aliphatic rings. The molecule has 9 heteroatoms. The first-order chi connectivity index (χ1) is 17.4. The first-order valence-corrected chi connectivity index (χ1v) is 12.4. The minimum absolute atomic E-state index is 0.0242. The molecule has 1 saturated carbocycles. The fourth-order valence-electron chi connectivity index (χ4n) is 3.93. The summed E-state index contributed by atoms with van der Waals surface area (Å²) in [7, 11) is 4.06. The van der Waals surface area contributed by atoms with Gasteiger partial charge in [0.15, 0.2) is 5.65 Å². The van der Waals surface area contributed by atoms with Gasteiger partial charge in [-0.25, -0.2) is 9.50 Å². The number of fused-ring (bicyclic) bond motifs is 1. The minimum atomic E-state index is -0.0242. The molecule has 8 nitrogen and oxygen atoms in total. The molecule has 36 heavy (non-hydrogen) atoms. The zero-order valence-electron chi connectivity index (χ0n) is 20.6. The van der Waals surface area contributed by atoms with Gasteiger partial charge in [0.2, 0.25) is 5.88 Å². The molecular formula is C27H29ClN6O2. The summed E-state index contributed by atoms with van der Waals surface area (Å²) in [4.78, 5) is 19.3. The number of nitrogens with one attached hydrogen (secondary N) is 2. The van der Waals surface area contributed by atoms with E-state index in [0.29, 0.717) is 33.9 Å². The van der Waals surface area contributed by atoms with Gasteiger partial charge in [-0.3, -0.25) is 4.79 Å². The van der Waals surface area contributed by atoms with Gasteiger partial charge in [0.1, 0.15) is 5.75 Å². The van der Waals surface area contributed by atoms with Crippen LogP contribution >= 0.6 is 11.6 Å². The Morgan fingerprint density at radius 1 is 1.17 bits per heavy atom. The van der Waals surface area contributed by atoms with Crippen LogP contribution in [0.3, 0.4) is 0 Å². The van der Waals surface area contributed by atoms with Crippen LogP contribution in [0, 0.1) is 6.92 Å². The zero-order valence-corrected chi connectivity index (χ0v) is 21.3. The maximum absolute atomic E-state index is 12.6. The average Bonchev–Trinajstić information content (AvgIpc) is 3.55. The Bertz CT molecular complexity index is 1400. The highest BCUT2D eigenvalue weighted by atomic mass is 35.5. The predicted octanol–water partition coefficient (Wildman–Crippen LogP) is 5.02. The van der Waals surface area contributed by atoms with Crippen molar-refractivity contribution >= 4 is 28.8 Å². The first kappa shape index (κ1) is 24.1. The highest BCUT2D eigenvalue weighted by Gasteiger charge is 2.24. The average molecular weight is 505 g/mol. The Morgan fingerprint density at radius 2 is 1.94 bits per heavy atom. The molecule has 0 bridgehead atoms. The third-order valence-corrected chi connectivity index (χ3v) is 6.29. The number of aryl methyl sites for hydroxylation is 1. The van der Waals surface area contributed by atoms with Gasteiger partial charge in [0.05, 0.1) is 17.6 Å². The molecule has 5 rings (SSSR count). The SMILES string of the molecule is Cc1cc(-c2cnc3c(NCCN(C)C)cc(Oc4ccc(Cl)cc4)nn23)ccc1C(=O)NC1CC1. The number of imidazole rings is 1. The molecule has 0 atom stereocenters. The Kier molecular flexibility index (Phi) is 6.80. The van der Waals surface area contributed by atoms with Gasteiger partial charge < -0.3 is 20.3 Å². The molecule has 4 aromatic rings. The number of carbonyl (C=O) groups excluding carboxylic acids is 1. The van der Waals surface area contributed by atoms with Crippen LogP contribution in [-0.2, 0) is 0 Å². The van der Waals surface area contributed by atoms with Gasteiger partial charge in [-0.1, -0.05) is 17.7 Å². The van der Waals surface area contributed by atoms with Crippen molar-refractivity contribution in [1.82, 2.24) is 24.8 Å². The van der Waals surface area contributed by atoms with E-state index in [4.69, 9.17) is 21.4 Å². The second kappa shape index (κ2) is 10.2. The number of likely N-dealkylation sites (N-methyl/N-ethyl adjacent to an activating group) is 1. The second-order valence-electron chi connectivity index (χ2n) is 9.34. The molecule has 0 saturated heterocycles. The van der Waals surface area contributed by atoms with Crippen molar-refractivity contribution in [3.63, 3.8) is 0 Å². The molecule has 2 N–H and O–H groups in total. The Hall–Kier alpha value is -3.62. The number of amides is 1. The van der Waals surface area contributed by atoms with Crippen molar-refractivity contribution in [3.05, 3.63) is 70.9 Å². The summed E-state index contributed by atoms with van der Waals surface area (Å²) in [6, 6.07) is 15.1. The number of halogens is 1. The molecule has 2 aromatic carbocycles. The van der Waals surface area contributed by atoms with Crippen LogP contribution in [0.1, 0.15) is 28.8 Å². The van der Waals surface area contributed by atoms with E-state index in [1.54, 1.807) is 35.0 Å². The van der Waals surface area contributed by atoms with Crippen molar-refractivity contribution in [2.45, 2.75) is 25.8 Å². The number of nitrogens with zero attached hydrogens (tertiary/aromatic N) is 4. The van der Waals surface area contributed by atoms with Crippen LogP contribution in [0.25, 0.3) is 16.9 Å². The number of hydrogen-bond donors (Lipinski definition) is 2. The van der Waals surface area contributed by atoms with E-state index in [1.807, 2.05) is 45.3 Å². The van der Waals surface area contributed by atoms with Gasteiger partial charge in [-0.2, -0.15) is 0 Å². The molecule has 1 aliphatic carbocycles. The Balaban J connectivity index is 1.50. The summed E-state index contributed by atoms with van der Waals surface area (Å²) in [5.41, 5.74) is 4.82. The first-order valence-electron chi connectivity index (χ1n) is 12.0. The number of benzene rings is 2.